The van der Waals surface area contributed by atoms with Gasteiger partial charge in [0.15, 0.2) is 0 Å². The van der Waals surface area contributed by atoms with Crippen LogP contribution in [0.3, 0.4) is 0 Å². The molecule has 0 amide bonds. The van der Waals surface area contributed by atoms with E-state index < -0.39 is 6.10 Å². The average molecular weight is 381 g/mol. The second kappa shape index (κ2) is 8.08. The van der Waals surface area contributed by atoms with Crippen LogP contribution in [-0.2, 0) is 13.6 Å². The highest BCUT2D eigenvalue weighted by molar-refractivity contribution is 5.57. The lowest BCUT2D eigenvalue weighted by molar-refractivity contribution is 0.205. The van der Waals surface area contributed by atoms with Gasteiger partial charge in [-0.05, 0) is 18.2 Å². The molecule has 0 unspecified atom stereocenters. The number of pyridine rings is 1. The summed E-state index contributed by atoms with van der Waals surface area (Å²) in [5.41, 5.74) is 2.05. The third-order valence-electron chi connectivity index (χ3n) is 5.22. The minimum atomic E-state index is -0.975. The van der Waals surface area contributed by atoms with Crippen molar-refractivity contribution in [1.29, 1.82) is 0 Å². The molecule has 0 spiro atoms. The fourth-order valence-corrected chi connectivity index (χ4v) is 3.72. The molecule has 1 aliphatic heterocycles. The molecule has 1 aromatic carbocycles. The van der Waals surface area contributed by atoms with Crippen LogP contribution < -0.4 is 4.90 Å². The minimum Gasteiger partial charge on any atom is -0.380 e. The van der Waals surface area contributed by atoms with Crippen LogP contribution in [-0.4, -0.2) is 50.7 Å². The van der Waals surface area contributed by atoms with Crippen molar-refractivity contribution in [3.63, 3.8) is 0 Å². The number of anilines is 1. The average Bonchev–Trinajstić information content (AvgIpc) is 3.15. The summed E-state index contributed by atoms with van der Waals surface area (Å²) in [5.74, 6) is 0.185. The number of para-hydroxylation sites is 1. The topological polar surface area (TPSA) is 57.4 Å². The maximum atomic E-state index is 14.8. The van der Waals surface area contributed by atoms with Crippen molar-refractivity contribution >= 4 is 5.69 Å². The summed E-state index contributed by atoms with van der Waals surface area (Å²) in [6.07, 6.45) is 4.23. The maximum Gasteiger partial charge on any atom is 0.146 e. The van der Waals surface area contributed by atoms with Crippen LogP contribution in [0.4, 0.5) is 10.1 Å². The van der Waals surface area contributed by atoms with Gasteiger partial charge in [-0.15, -0.1) is 0 Å². The lowest BCUT2D eigenvalue weighted by Crippen LogP contribution is -2.46. The van der Waals surface area contributed by atoms with Crippen LogP contribution in [0.15, 0.2) is 55.0 Å². The number of benzene rings is 1. The number of piperazine rings is 1. The summed E-state index contributed by atoms with van der Waals surface area (Å²) in [6, 6.07) is 10.8. The number of halogens is 1. The second-order valence-corrected chi connectivity index (χ2v) is 7.06. The van der Waals surface area contributed by atoms with Crippen LogP contribution in [0.1, 0.15) is 23.2 Å². The van der Waals surface area contributed by atoms with E-state index in [0.717, 1.165) is 25.3 Å². The van der Waals surface area contributed by atoms with E-state index >= 15 is 0 Å². The Morgan fingerprint density at radius 1 is 1.04 bits per heavy atom. The van der Waals surface area contributed by atoms with E-state index in [-0.39, 0.29) is 5.82 Å². The van der Waals surface area contributed by atoms with Gasteiger partial charge in [-0.2, -0.15) is 0 Å². The Morgan fingerprint density at radius 3 is 2.54 bits per heavy atom. The van der Waals surface area contributed by atoms with E-state index in [4.69, 9.17) is 0 Å². The molecular weight excluding hydrogens is 357 g/mol. The van der Waals surface area contributed by atoms with E-state index in [0.29, 0.717) is 30.2 Å². The predicted octanol–water partition coefficient (Wildman–Crippen LogP) is 2.36. The number of nitrogens with zero attached hydrogens (tertiary/aromatic N) is 5. The molecule has 0 bridgehead atoms. The van der Waals surface area contributed by atoms with Gasteiger partial charge >= 0.3 is 0 Å². The molecule has 1 aliphatic rings. The Morgan fingerprint density at radius 2 is 1.86 bits per heavy atom. The first-order chi connectivity index (χ1) is 13.6. The number of aliphatic hydroxyl groups is 1. The zero-order valence-corrected chi connectivity index (χ0v) is 15.9. The Labute approximate surface area is 163 Å². The van der Waals surface area contributed by atoms with Gasteiger partial charge in [-0.3, -0.25) is 9.88 Å². The molecule has 146 valence electrons. The Bertz CT molecular complexity index is 922. The molecule has 6 nitrogen and oxygen atoms in total. The van der Waals surface area contributed by atoms with Crippen LogP contribution in [0.2, 0.25) is 0 Å². The van der Waals surface area contributed by atoms with E-state index in [9.17, 15) is 9.50 Å². The van der Waals surface area contributed by atoms with Crippen LogP contribution in [0, 0.1) is 5.82 Å². The summed E-state index contributed by atoms with van der Waals surface area (Å²) in [7, 11) is 1.82. The number of aromatic nitrogens is 3. The van der Waals surface area contributed by atoms with E-state index in [1.807, 2.05) is 30.1 Å². The van der Waals surface area contributed by atoms with Crippen LogP contribution in [0.5, 0.6) is 0 Å². The van der Waals surface area contributed by atoms with Gasteiger partial charge < -0.3 is 14.6 Å². The number of aryl methyl sites for hydroxylation is 1. The van der Waals surface area contributed by atoms with Gasteiger partial charge in [-0.1, -0.05) is 18.2 Å². The van der Waals surface area contributed by atoms with Gasteiger partial charge in [-0.25, -0.2) is 9.37 Å². The summed E-state index contributed by atoms with van der Waals surface area (Å²) in [4.78, 5) is 12.9. The molecule has 7 heteroatoms. The lowest BCUT2D eigenvalue weighted by atomic mass is 10.0. The third kappa shape index (κ3) is 3.76. The smallest absolute Gasteiger partial charge is 0.146 e. The fraction of sp³-hybridized carbons (Fsp3) is 0.333. The van der Waals surface area contributed by atoms with Crippen molar-refractivity contribution in [3.05, 3.63) is 77.9 Å². The Balaban J connectivity index is 1.51. The summed E-state index contributed by atoms with van der Waals surface area (Å²) < 4.78 is 16.5. The van der Waals surface area contributed by atoms with Gasteiger partial charge in [0.05, 0.1) is 11.4 Å². The van der Waals surface area contributed by atoms with Gasteiger partial charge in [0, 0.05) is 63.9 Å². The number of hydrogen-bond acceptors (Lipinski definition) is 5. The number of hydrogen-bond donors (Lipinski definition) is 1. The van der Waals surface area contributed by atoms with Crippen molar-refractivity contribution in [2.24, 2.45) is 7.05 Å². The molecule has 2 aromatic heterocycles. The van der Waals surface area contributed by atoms with E-state index in [2.05, 4.69) is 14.9 Å². The molecule has 1 fully saturated rings. The standard InChI is InChI=1S/C21H24FN5O/c1-25-10-9-24-21(25)20(28)17-6-4-7-18(22)19(17)27-13-11-26(12-14-27)15-16-5-2-3-8-23-16/h2-10,20,28H,11-15H2,1H3/t20-/m0/s1. The third-order valence-corrected chi connectivity index (χ3v) is 5.22. The molecule has 1 atom stereocenters. The summed E-state index contributed by atoms with van der Waals surface area (Å²) in [6.45, 7) is 3.78. The Hall–Kier alpha value is -2.77. The van der Waals surface area contributed by atoms with Crippen molar-refractivity contribution in [2.75, 3.05) is 31.1 Å². The zero-order valence-electron chi connectivity index (χ0n) is 15.9. The van der Waals surface area contributed by atoms with Gasteiger partial charge in [0.2, 0.25) is 0 Å². The van der Waals surface area contributed by atoms with E-state index in [1.54, 1.807) is 35.3 Å². The normalized spacial score (nSPS) is 16.3. The van der Waals surface area contributed by atoms with Crippen LogP contribution in [0.25, 0.3) is 0 Å². The monoisotopic (exact) mass is 381 g/mol. The first-order valence-electron chi connectivity index (χ1n) is 9.44. The van der Waals surface area contributed by atoms with Crippen LogP contribution >= 0.6 is 0 Å². The quantitative estimate of drug-likeness (QED) is 0.735. The molecule has 3 heterocycles. The highest BCUT2D eigenvalue weighted by Crippen LogP contribution is 2.33. The Kier molecular flexibility index (Phi) is 5.36. The highest BCUT2D eigenvalue weighted by atomic mass is 19.1. The molecule has 4 rings (SSSR count). The fourth-order valence-electron chi connectivity index (χ4n) is 3.72. The first kappa shape index (κ1) is 18.6. The highest BCUT2D eigenvalue weighted by Gasteiger charge is 2.26. The molecule has 0 aliphatic carbocycles. The number of imidazole rings is 1. The van der Waals surface area contributed by atoms with E-state index in [1.165, 1.54) is 6.07 Å². The lowest BCUT2D eigenvalue weighted by Gasteiger charge is -2.37. The maximum absolute atomic E-state index is 14.8. The first-order valence-corrected chi connectivity index (χ1v) is 9.44. The molecule has 0 radical (unpaired) electrons. The summed E-state index contributed by atoms with van der Waals surface area (Å²) in [5, 5.41) is 10.8. The number of rotatable bonds is 5. The van der Waals surface area contributed by atoms with Crippen molar-refractivity contribution in [3.8, 4) is 0 Å². The minimum absolute atomic E-state index is 0.316. The SMILES string of the molecule is Cn1ccnc1[C@@H](O)c1cccc(F)c1N1CCN(Cc2ccccn2)CC1. The largest absolute Gasteiger partial charge is 0.380 e. The molecular formula is C21H24FN5O. The van der Waals surface area contributed by atoms with Crippen molar-refractivity contribution in [2.45, 2.75) is 12.6 Å². The molecule has 1 N–H and O–H groups in total. The zero-order chi connectivity index (χ0) is 19.5. The predicted molar refractivity (Wildman–Crippen MR) is 105 cm³/mol. The second-order valence-electron chi connectivity index (χ2n) is 7.06. The molecule has 0 saturated carbocycles. The summed E-state index contributed by atoms with van der Waals surface area (Å²) >= 11 is 0. The van der Waals surface area contributed by atoms with Gasteiger partial charge in [0.1, 0.15) is 17.7 Å². The molecule has 3 aromatic rings. The van der Waals surface area contributed by atoms with Gasteiger partial charge in [0.25, 0.3) is 0 Å². The van der Waals surface area contributed by atoms with Crippen molar-refractivity contribution < 1.29 is 9.50 Å². The molecule has 28 heavy (non-hydrogen) atoms. The van der Waals surface area contributed by atoms with Crippen molar-refractivity contribution in [1.82, 2.24) is 19.4 Å². The molecule has 1 saturated heterocycles. The number of aliphatic hydroxyl groups excluding tert-OH is 1.